The van der Waals surface area contributed by atoms with Gasteiger partial charge in [0.2, 0.25) is 23.6 Å². The molecule has 11 rings (SSSR count). The molecule has 1 aromatic heterocycles. The van der Waals surface area contributed by atoms with Gasteiger partial charge in [-0.15, -0.1) is 23.1 Å². The number of thiazole rings is 1. The number of hydrogen-bond donors (Lipinski definition) is 5. The Morgan fingerprint density at radius 2 is 1.43 bits per heavy atom. The predicted octanol–water partition coefficient (Wildman–Crippen LogP) is 12.4. The zero-order valence-electron chi connectivity index (χ0n) is 68.2. The minimum atomic E-state index is -6.11. The molecule has 0 spiro atoms. The van der Waals surface area contributed by atoms with Gasteiger partial charge >= 0.3 is 5.51 Å². The summed E-state index contributed by atoms with van der Waals surface area (Å²) in [6.07, 6.45) is 7.13. The van der Waals surface area contributed by atoms with Crippen molar-refractivity contribution in [2.75, 3.05) is 141 Å². The number of alkyl halides is 3. The second kappa shape index (κ2) is 40.7. The summed E-state index contributed by atoms with van der Waals surface area (Å²) in [5, 5.41) is 20.5. The normalized spacial score (nSPS) is 19.8. The first-order valence-electron chi connectivity index (χ1n) is 40.8. The van der Waals surface area contributed by atoms with Crippen LogP contribution in [0.4, 0.5) is 24.5 Å². The van der Waals surface area contributed by atoms with Gasteiger partial charge in [-0.2, -0.15) is 13.2 Å². The van der Waals surface area contributed by atoms with Crippen LogP contribution in [0.25, 0.3) is 16.0 Å². The summed E-state index contributed by atoms with van der Waals surface area (Å²) in [5.41, 5.74) is 2.54. The molecule has 0 saturated carbocycles. The molecule has 0 bridgehead atoms. The smallest absolute Gasteiger partial charge is 0.391 e. The number of carbonyl (C=O) groups excluding carboxylic acids is 5. The number of aromatic nitrogens is 1. The van der Waals surface area contributed by atoms with E-state index in [9.17, 15) is 59.1 Å². The van der Waals surface area contributed by atoms with Gasteiger partial charge in [0.05, 0.1) is 52.0 Å². The Labute approximate surface area is 701 Å². The number of thioether (sulfide) groups is 1. The predicted molar refractivity (Wildman–Crippen MR) is 455 cm³/mol. The number of piperazine rings is 2. The maximum Gasteiger partial charge on any atom is 0.501 e. The van der Waals surface area contributed by atoms with Gasteiger partial charge < -0.3 is 45.4 Å². The maximum absolute atomic E-state index is 14.4. The highest BCUT2D eigenvalue weighted by atomic mass is 35.5. The largest absolute Gasteiger partial charge is 0.501 e. The number of hydrogen-bond acceptors (Lipinski definition) is 20. The second-order valence-electron chi connectivity index (χ2n) is 33.2. The van der Waals surface area contributed by atoms with Gasteiger partial charge in [-0.25, -0.2) is 26.5 Å². The highest BCUT2D eigenvalue weighted by Crippen LogP contribution is 2.45. The van der Waals surface area contributed by atoms with Crippen molar-refractivity contribution < 1.29 is 63.8 Å². The number of rotatable bonds is 35. The van der Waals surface area contributed by atoms with Gasteiger partial charge in [0.25, 0.3) is 25.8 Å². The Kier molecular flexibility index (Phi) is 31.4. The zero-order valence-corrected chi connectivity index (χ0v) is 72.2. The third-order valence-electron chi connectivity index (χ3n) is 23.1. The highest BCUT2D eigenvalue weighted by Gasteiger charge is 2.49. The lowest BCUT2D eigenvalue weighted by molar-refractivity contribution is -0.144. The van der Waals surface area contributed by atoms with Crippen molar-refractivity contribution in [1.82, 2.24) is 49.7 Å². The Bertz CT molecular complexity index is 4620. The average Bonchev–Trinajstić information content (AvgIpc) is 1.39. The topological polar surface area (TPSA) is 267 Å². The van der Waals surface area contributed by atoms with E-state index in [-0.39, 0.29) is 54.1 Å². The van der Waals surface area contributed by atoms with E-state index in [1.165, 1.54) is 45.5 Å². The molecule has 1 aliphatic carbocycles. The summed E-state index contributed by atoms with van der Waals surface area (Å²) in [6, 6.07) is 31.5. The molecule has 4 aliphatic heterocycles. The number of nitrogens with zero attached hydrogens (tertiary/aromatic N) is 8. The second-order valence-corrected chi connectivity index (χ2v) is 39.2. The lowest BCUT2D eigenvalue weighted by Gasteiger charge is -2.42. The van der Waals surface area contributed by atoms with Gasteiger partial charge in [0.15, 0.2) is 0 Å². The van der Waals surface area contributed by atoms with E-state index in [4.69, 9.17) is 16.3 Å². The Balaban J connectivity index is 0.593. The standard InChI is InChI=1S/C86H114ClF3N12O11S4/c1-60(62-20-22-64(23-21-62)79-61(2)91-59-115-79)92-82(107)75-52-70(103)56-102(75)83(108)80(84(3,4)5)94-77(104)18-14-9-8-10-15-19-78(105)101-46-40-98(41-47-101)39-38-96(7)58-85(6)36-34-73(63-24-28-67(87)29-25-63)66(54-85)55-99-42-44-100(45-43-99)69-30-26-65(27-31-69)81(106)95-117(111,112)72-32-33-74(76(53-72)116(109,110)86(88,89)90)93-68(35-37-97-48-50-113-51-49-97)57-114-71-16-12-11-13-17-71/h11-13,16-17,20-33,53,59-60,68,70,75,80,93,103H,8-10,14-15,18-19,34-52,54-58H2,1-7H3,(H,92,107)(H,94,104)(H,95,106)/t60-,68+,70+,75-,80+,85?/m0/s1. The summed E-state index contributed by atoms with van der Waals surface area (Å²) >= 11 is 9.42. The summed E-state index contributed by atoms with van der Waals surface area (Å²) in [4.78, 5) is 88.0. The van der Waals surface area contributed by atoms with Crippen LogP contribution in [0.15, 0.2) is 147 Å². The van der Waals surface area contributed by atoms with Gasteiger partial charge in [-0.3, -0.25) is 38.7 Å². The number of benzene rings is 5. The number of aliphatic hydroxyl groups is 1. The van der Waals surface area contributed by atoms with Gasteiger partial charge in [-0.1, -0.05) is 119 Å². The number of halogens is 4. The van der Waals surface area contributed by atoms with Crippen LogP contribution in [0.2, 0.25) is 5.02 Å². The van der Waals surface area contributed by atoms with Crippen molar-refractivity contribution in [1.29, 1.82) is 0 Å². The van der Waals surface area contributed by atoms with Gasteiger partial charge in [0, 0.05) is 157 Å². The van der Waals surface area contributed by atoms with Crippen LogP contribution >= 0.6 is 34.7 Å². The molecule has 5 N–H and O–H groups in total. The summed E-state index contributed by atoms with van der Waals surface area (Å²) in [7, 11) is -8.82. The van der Waals surface area contributed by atoms with Crippen LogP contribution in [-0.2, 0) is 43.8 Å². The third kappa shape index (κ3) is 24.9. The van der Waals surface area contributed by atoms with Crippen LogP contribution in [0.3, 0.4) is 0 Å². The minimum Gasteiger partial charge on any atom is -0.391 e. The van der Waals surface area contributed by atoms with Crippen molar-refractivity contribution in [3.05, 3.63) is 160 Å². The number of ether oxygens (including phenoxy) is 1. The Hall–Kier alpha value is -7.49. The van der Waals surface area contributed by atoms with E-state index in [0.29, 0.717) is 95.1 Å². The molecule has 6 atom stereocenters. The number of likely N-dealkylation sites (N-methyl/N-ethyl adjacent to an activating group) is 1. The molecule has 4 saturated heterocycles. The first-order chi connectivity index (χ1) is 55.7. The lowest BCUT2D eigenvalue weighted by Crippen LogP contribution is -2.57. The number of likely N-dealkylation sites (tertiary alicyclic amines) is 1. The van der Waals surface area contributed by atoms with Crippen LogP contribution in [0.5, 0.6) is 0 Å². The van der Waals surface area contributed by atoms with Crippen molar-refractivity contribution in [2.45, 2.75) is 169 Å². The average molecular weight is 1710 g/mol. The number of anilines is 2. The van der Waals surface area contributed by atoms with Gasteiger partial charge in [-0.05, 0) is 159 Å². The molecule has 23 nitrogen and oxygen atoms in total. The molecule has 6 aromatic rings. The molecule has 0 radical (unpaired) electrons. The maximum atomic E-state index is 14.4. The highest BCUT2D eigenvalue weighted by molar-refractivity contribution is 7.99. The summed E-state index contributed by atoms with van der Waals surface area (Å²) < 4.78 is 105. The minimum absolute atomic E-state index is 0.00602. The van der Waals surface area contributed by atoms with E-state index >= 15 is 0 Å². The number of unbranched alkanes of at least 4 members (excludes halogenated alkanes) is 4. The Morgan fingerprint density at radius 1 is 0.778 bits per heavy atom. The molecule has 1 unspecified atom stereocenters. The fraction of sp³-hybridized carbons (Fsp3) is 0.535. The molecule has 5 heterocycles. The molecule has 5 aromatic carbocycles. The van der Waals surface area contributed by atoms with E-state index in [2.05, 4.69) is 71.5 Å². The monoisotopic (exact) mass is 1710 g/mol. The molecule has 5 aliphatic rings. The number of aryl methyl sites for hydroxylation is 1. The van der Waals surface area contributed by atoms with Crippen LogP contribution in [0, 0.1) is 17.8 Å². The van der Waals surface area contributed by atoms with E-state index in [1.807, 2.05) is 116 Å². The number of β-amino-alcohol motifs (C(OH)–C–C–N with tert-alkyl or cyclic N) is 1. The first-order valence-corrected chi connectivity index (χ1v) is 46.0. The van der Waals surface area contributed by atoms with Crippen molar-refractivity contribution in [2.24, 2.45) is 10.8 Å². The van der Waals surface area contributed by atoms with Crippen LogP contribution in [-0.4, -0.2) is 246 Å². The molecule has 31 heteroatoms. The number of amides is 5. The molecule has 5 amide bonds. The molecular formula is C86H114ClF3N12O11S4. The number of carbonyl (C=O) groups is 5. The van der Waals surface area contributed by atoms with E-state index in [1.54, 1.807) is 23.5 Å². The number of morpholine rings is 1. The molecule has 636 valence electrons. The number of nitrogens with one attached hydrogen (secondary N) is 4. The number of allylic oxidation sites excluding steroid dienone is 1. The third-order valence-corrected chi connectivity index (χ3v) is 28.3. The van der Waals surface area contributed by atoms with Crippen LogP contribution < -0.4 is 25.6 Å². The van der Waals surface area contributed by atoms with Crippen molar-refractivity contribution >= 4 is 101 Å². The number of sulfonamides is 1. The molecule has 117 heavy (non-hydrogen) atoms. The molecule has 4 fully saturated rings. The van der Waals surface area contributed by atoms with Gasteiger partial charge in [0.1, 0.15) is 17.0 Å². The summed E-state index contributed by atoms with van der Waals surface area (Å²) in [5.74, 6) is -1.54. The zero-order chi connectivity index (χ0) is 83.8. The lowest BCUT2D eigenvalue weighted by atomic mass is 9.71. The fourth-order valence-corrected chi connectivity index (χ4v) is 20.2. The SMILES string of the molecule is Cc1ncsc1-c1ccc([C@H](C)NC(=O)[C@@H]2C[C@@H](O)CN2C(=O)[C@@H](NC(=O)CCCCCCCC(=O)N2CCN(CCN(C)CC3(C)CCC(c4ccc(Cl)cc4)=C(CN4CCN(c5ccc(C(=O)NS(=O)(=O)c6ccc(N[C@H](CCN7CCOCC7)CSc7ccccc7)c(S(=O)(=O)C(F)(F)F)c6)cc5)CC4)C3)CC2)C(C)(C)C)cc1. The van der Waals surface area contributed by atoms with Crippen molar-refractivity contribution in [3.8, 4) is 10.4 Å². The molecular weight excluding hydrogens is 1600 g/mol. The van der Waals surface area contributed by atoms with Crippen molar-refractivity contribution in [3.63, 3.8) is 0 Å². The number of sulfone groups is 1. The Morgan fingerprint density at radius 3 is 2.09 bits per heavy atom. The van der Waals surface area contributed by atoms with E-state index in [0.717, 1.165) is 142 Å². The summed E-state index contributed by atoms with van der Waals surface area (Å²) in [6.45, 7) is 24.1. The van der Waals surface area contributed by atoms with E-state index < -0.39 is 82.3 Å². The quantitative estimate of drug-likeness (QED) is 0.0183. The fourth-order valence-electron chi connectivity index (χ4n) is 16.3. The number of aliphatic hydroxyl groups excluding tert-OH is 1. The van der Waals surface area contributed by atoms with Crippen LogP contribution in [0.1, 0.15) is 145 Å². The first kappa shape index (κ1) is 90.3.